The van der Waals surface area contributed by atoms with Crippen molar-refractivity contribution in [3.05, 3.63) is 0 Å². The quantitative estimate of drug-likeness (QED) is 0.433. The lowest BCUT2D eigenvalue weighted by Crippen LogP contribution is -2.41. The van der Waals surface area contributed by atoms with Crippen molar-refractivity contribution in [2.45, 2.75) is 24.4 Å². The van der Waals surface area contributed by atoms with Crippen LogP contribution in [0, 0.1) is 0 Å². The van der Waals surface area contributed by atoms with Crippen molar-refractivity contribution < 1.29 is 29.6 Å². The summed E-state index contributed by atoms with van der Waals surface area (Å²) in [5, 5.41) is 27.1. The van der Waals surface area contributed by atoms with E-state index in [1.54, 1.807) is 0 Å². The normalized spacial score (nSPS) is 36.0. The maximum absolute atomic E-state index is 10.8. The number of esters is 1. The van der Waals surface area contributed by atoms with Gasteiger partial charge in [0.25, 0.3) is 0 Å². The molecular weight excluding hydrogens is 180 g/mol. The molecule has 6 nitrogen and oxygen atoms in total. The van der Waals surface area contributed by atoms with Gasteiger partial charge in [-0.3, -0.25) is 0 Å². The van der Waals surface area contributed by atoms with Crippen LogP contribution in [-0.4, -0.2) is 59.4 Å². The summed E-state index contributed by atoms with van der Waals surface area (Å²) in [6, 6.07) is 0. The zero-order valence-corrected chi connectivity index (χ0v) is 7.08. The third-order valence-corrected chi connectivity index (χ3v) is 2.00. The number of cyclic esters (lactones) is 1. The highest BCUT2D eigenvalue weighted by Gasteiger charge is 2.46. The van der Waals surface area contributed by atoms with Crippen molar-refractivity contribution in [3.63, 3.8) is 0 Å². The molecule has 1 heterocycles. The minimum atomic E-state index is -1.55. The van der Waals surface area contributed by atoms with Crippen LogP contribution in [0.4, 0.5) is 0 Å². The first kappa shape index (κ1) is 10.4. The van der Waals surface area contributed by atoms with E-state index < -0.39 is 37.0 Å². The smallest absolute Gasteiger partial charge is 0.338 e. The molecule has 0 spiro atoms. The molecule has 6 heteroatoms. The van der Waals surface area contributed by atoms with Gasteiger partial charge in [-0.15, -0.1) is 0 Å². The summed E-state index contributed by atoms with van der Waals surface area (Å²) in [7, 11) is 1.31. The van der Waals surface area contributed by atoms with Gasteiger partial charge in [0.2, 0.25) is 0 Å². The minimum Gasteiger partial charge on any atom is -0.455 e. The standard InChI is InChI=1S/C7H12O6/c1-12-3(2-8)6-4(9)5(10)7(11)13-6/h3-6,8-10H,2H2,1H3. The van der Waals surface area contributed by atoms with Crippen LogP contribution in [0.5, 0.6) is 0 Å². The molecule has 0 bridgehead atoms. The van der Waals surface area contributed by atoms with Crippen LogP contribution in [0.1, 0.15) is 0 Å². The lowest BCUT2D eigenvalue weighted by molar-refractivity contribution is -0.152. The van der Waals surface area contributed by atoms with Gasteiger partial charge in [0.15, 0.2) is 12.2 Å². The number of carbonyl (C=O) groups excluding carboxylic acids is 1. The first-order valence-corrected chi connectivity index (χ1v) is 3.82. The van der Waals surface area contributed by atoms with Gasteiger partial charge in [0.05, 0.1) is 6.61 Å². The second-order valence-electron chi connectivity index (χ2n) is 2.79. The molecular formula is C7H12O6. The van der Waals surface area contributed by atoms with Crippen molar-refractivity contribution in [2.24, 2.45) is 0 Å². The Morgan fingerprint density at radius 3 is 2.54 bits per heavy atom. The van der Waals surface area contributed by atoms with Crippen LogP contribution in [-0.2, 0) is 14.3 Å². The van der Waals surface area contributed by atoms with Crippen LogP contribution in [0.15, 0.2) is 0 Å². The molecule has 13 heavy (non-hydrogen) atoms. The van der Waals surface area contributed by atoms with Crippen molar-refractivity contribution in [2.75, 3.05) is 13.7 Å². The van der Waals surface area contributed by atoms with E-state index in [9.17, 15) is 9.90 Å². The van der Waals surface area contributed by atoms with Crippen molar-refractivity contribution in [1.82, 2.24) is 0 Å². The predicted molar refractivity (Wildman–Crippen MR) is 39.8 cm³/mol. The molecule has 1 fully saturated rings. The second kappa shape index (κ2) is 4.01. The third kappa shape index (κ3) is 1.80. The fourth-order valence-corrected chi connectivity index (χ4v) is 1.20. The van der Waals surface area contributed by atoms with Gasteiger partial charge < -0.3 is 24.8 Å². The number of rotatable bonds is 3. The van der Waals surface area contributed by atoms with Crippen LogP contribution >= 0.6 is 0 Å². The van der Waals surface area contributed by atoms with Crippen LogP contribution in [0.3, 0.4) is 0 Å². The number of methoxy groups -OCH3 is 1. The summed E-state index contributed by atoms with van der Waals surface area (Å²) < 4.78 is 9.36. The molecule has 1 saturated heterocycles. The zero-order chi connectivity index (χ0) is 10.0. The fourth-order valence-electron chi connectivity index (χ4n) is 1.20. The number of hydrogen-bond acceptors (Lipinski definition) is 6. The van der Waals surface area contributed by atoms with Gasteiger partial charge in [-0.05, 0) is 0 Å². The molecule has 0 saturated carbocycles. The number of ether oxygens (including phenoxy) is 2. The average molecular weight is 192 g/mol. The number of hydrogen-bond donors (Lipinski definition) is 3. The lowest BCUT2D eigenvalue weighted by atomic mass is 10.1. The fraction of sp³-hybridized carbons (Fsp3) is 0.857. The van der Waals surface area contributed by atoms with E-state index in [0.29, 0.717) is 0 Å². The van der Waals surface area contributed by atoms with Gasteiger partial charge in [0.1, 0.15) is 12.2 Å². The summed E-state index contributed by atoms with van der Waals surface area (Å²) in [4.78, 5) is 10.8. The van der Waals surface area contributed by atoms with Crippen LogP contribution in [0.25, 0.3) is 0 Å². The highest BCUT2D eigenvalue weighted by molar-refractivity contribution is 5.77. The minimum absolute atomic E-state index is 0.391. The number of aliphatic hydroxyl groups excluding tert-OH is 3. The van der Waals surface area contributed by atoms with Crippen LogP contribution in [0.2, 0.25) is 0 Å². The maximum atomic E-state index is 10.8. The Bertz CT molecular complexity index is 189. The molecule has 1 rings (SSSR count). The lowest BCUT2D eigenvalue weighted by Gasteiger charge is -2.21. The van der Waals surface area contributed by atoms with E-state index in [1.165, 1.54) is 7.11 Å². The average Bonchev–Trinajstić information content (AvgIpc) is 2.36. The van der Waals surface area contributed by atoms with Crippen molar-refractivity contribution in [1.29, 1.82) is 0 Å². The molecule has 3 N–H and O–H groups in total. The Morgan fingerprint density at radius 1 is 1.62 bits per heavy atom. The van der Waals surface area contributed by atoms with Gasteiger partial charge in [0, 0.05) is 7.11 Å². The Hall–Kier alpha value is -0.690. The first-order chi connectivity index (χ1) is 6.11. The Balaban J connectivity index is 2.66. The summed E-state index contributed by atoms with van der Waals surface area (Å²) in [5.41, 5.74) is 0. The largest absolute Gasteiger partial charge is 0.455 e. The first-order valence-electron chi connectivity index (χ1n) is 3.82. The van der Waals surface area contributed by atoms with E-state index in [2.05, 4.69) is 4.74 Å². The van der Waals surface area contributed by atoms with E-state index in [0.717, 1.165) is 0 Å². The van der Waals surface area contributed by atoms with E-state index in [4.69, 9.17) is 14.9 Å². The van der Waals surface area contributed by atoms with Gasteiger partial charge in [-0.25, -0.2) is 4.79 Å². The molecule has 4 unspecified atom stereocenters. The van der Waals surface area contributed by atoms with Crippen LogP contribution < -0.4 is 0 Å². The highest BCUT2D eigenvalue weighted by atomic mass is 16.6. The molecule has 4 atom stereocenters. The molecule has 0 aromatic rings. The number of carbonyl (C=O) groups is 1. The molecule has 0 aliphatic carbocycles. The maximum Gasteiger partial charge on any atom is 0.338 e. The molecule has 1 aliphatic rings. The summed E-state index contributed by atoms with van der Waals surface area (Å²) >= 11 is 0. The Kier molecular flexibility index (Phi) is 3.21. The third-order valence-electron chi connectivity index (χ3n) is 2.00. The monoisotopic (exact) mass is 192 g/mol. The summed E-state index contributed by atoms with van der Waals surface area (Å²) in [5.74, 6) is -0.895. The Labute approximate surface area is 74.7 Å². The van der Waals surface area contributed by atoms with Gasteiger partial charge in [-0.1, -0.05) is 0 Å². The number of aliphatic hydroxyl groups is 3. The highest BCUT2D eigenvalue weighted by Crippen LogP contribution is 2.20. The molecule has 0 aromatic heterocycles. The molecule has 76 valence electrons. The van der Waals surface area contributed by atoms with E-state index in [-0.39, 0.29) is 0 Å². The SMILES string of the molecule is COC(CO)C1OC(=O)C(O)C1O. The predicted octanol–water partition coefficient (Wildman–Crippen LogP) is -2.36. The molecule has 0 aromatic carbocycles. The molecule has 0 amide bonds. The van der Waals surface area contributed by atoms with Gasteiger partial charge >= 0.3 is 5.97 Å². The zero-order valence-electron chi connectivity index (χ0n) is 7.08. The second-order valence-corrected chi connectivity index (χ2v) is 2.79. The van der Waals surface area contributed by atoms with Crippen molar-refractivity contribution >= 4 is 5.97 Å². The van der Waals surface area contributed by atoms with E-state index in [1.807, 2.05) is 0 Å². The van der Waals surface area contributed by atoms with Gasteiger partial charge in [-0.2, -0.15) is 0 Å². The topological polar surface area (TPSA) is 96.2 Å². The summed E-state index contributed by atoms with van der Waals surface area (Å²) in [6.07, 6.45) is -4.70. The summed E-state index contributed by atoms with van der Waals surface area (Å²) in [6.45, 7) is -0.391. The molecule has 0 radical (unpaired) electrons. The van der Waals surface area contributed by atoms with E-state index >= 15 is 0 Å². The Morgan fingerprint density at radius 2 is 2.23 bits per heavy atom. The van der Waals surface area contributed by atoms with Crippen molar-refractivity contribution in [3.8, 4) is 0 Å². The molecule has 1 aliphatic heterocycles.